The highest BCUT2D eigenvalue weighted by Crippen LogP contribution is 2.11. The number of amides is 1. The Balaban J connectivity index is 1.51. The van der Waals surface area contributed by atoms with Gasteiger partial charge in [0.25, 0.3) is 0 Å². The van der Waals surface area contributed by atoms with Crippen molar-refractivity contribution in [2.45, 2.75) is 19.6 Å². The number of nitrogens with one attached hydrogen (secondary N) is 1. The lowest BCUT2D eigenvalue weighted by atomic mass is 10.1. The zero-order valence-electron chi connectivity index (χ0n) is 14.2. The van der Waals surface area contributed by atoms with E-state index in [-0.39, 0.29) is 18.1 Å². The van der Waals surface area contributed by atoms with Gasteiger partial charge in [-0.3, -0.25) is 4.79 Å². The highest BCUT2D eigenvalue weighted by Gasteiger charge is 2.06. The van der Waals surface area contributed by atoms with Gasteiger partial charge in [0.1, 0.15) is 11.6 Å². The largest absolute Gasteiger partial charge is 0.372 e. The summed E-state index contributed by atoms with van der Waals surface area (Å²) in [5.74, 6) is -0.0524. The molecule has 3 aromatic rings. The van der Waals surface area contributed by atoms with Crippen molar-refractivity contribution in [3.8, 4) is 0 Å². The molecule has 0 saturated carbocycles. The van der Waals surface area contributed by atoms with E-state index in [1.807, 2.05) is 36.4 Å². The summed E-state index contributed by atoms with van der Waals surface area (Å²) in [6, 6.07) is 19.4. The Labute approximate surface area is 151 Å². The molecule has 1 amide bonds. The molecule has 4 nitrogen and oxygen atoms in total. The van der Waals surface area contributed by atoms with Crippen LogP contribution in [-0.4, -0.2) is 10.9 Å². The Morgan fingerprint density at radius 2 is 1.65 bits per heavy atom. The Kier molecular flexibility index (Phi) is 6.06. The molecule has 132 valence electrons. The number of aromatic nitrogens is 1. The van der Waals surface area contributed by atoms with E-state index in [1.54, 1.807) is 24.4 Å². The third kappa shape index (κ3) is 5.50. The molecule has 2 aromatic carbocycles. The SMILES string of the molecule is O=C(Cc1ccc(F)cc1)Nc1cc(COCc2ccccc2)ccn1. The first kappa shape index (κ1) is 17.8. The van der Waals surface area contributed by atoms with Crippen LogP contribution in [0.15, 0.2) is 72.9 Å². The van der Waals surface area contributed by atoms with Gasteiger partial charge in [0.15, 0.2) is 0 Å². The van der Waals surface area contributed by atoms with E-state index >= 15 is 0 Å². The quantitative estimate of drug-likeness (QED) is 0.697. The first-order valence-corrected chi connectivity index (χ1v) is 8.30. The zero-order chi connectivity index (χ0) is 18.2. The van der Waals surface area contributed by atoms with Crippen LogP contribution in [0, 0.1) is 5.82 Å². The lowest BCUT2D eigenvalue weighted by molar-refractivity contribution is -0.115. The maximum Gasteiger partial charge on any atom is 0.229 e. The van der Waals surface area contributed by atoms with Crippen LogP contribution >= 0.6 is 0 Å². The van der Waals surface area contributed by atoms with Crippen LogP contribution in [0.25, 0.3) is 0 Å². The third-order valence-corrected chi connectivity index (χ3v) is 3.75. The van der Waals surface area contributed by atoms with Crippen molar-refractivity contribution < 1.29 is 13.9 Å². The number of rotatable bonds is 7. The van der Waals surface area contributed by atoms with Crippen molar-refractivity contribution in [1.82, 2.24) is 4.98 Å². The molecule has 0 unspecified atom stereocenters. The zero-order valence-corrected chi connectivity index (χ0v) is 14.2. The minimum Gasteiger partial charge on any atom is -0.372 e. The minimum absolute atomic E-state index is 0.163. The normalized spacial score (nSPS) is 10.5. The fourth-order valence-electron chi connectivity index (χ4n) is 2.47. The predicted octanol–water partition coefficient (Wildman–Crippen LogP) is 4.12. The number of anilines is 1. The maximum atomic E-state index is 12.9. The molecule has 0 spiro atoms. The third-order valence-electron chi connectivity index (χ3n) is 3.75. The topological polar surface area (TPSA) is 51.2 Å². The number of ether oxygens (including phenoxy) is 1. The molecule has 1 heterocycles. The molecule has 0 saturated heterocycles. The number of halogens is 1. The van der Waals surface area contributed by atoms with E-state index in [0.29, 0.717) is 19.0 Å². The summed E-state index contributed by atoms with van der Waals surface area (Å²) in [5.41, 5.74) is 2.77. The first-order valence-electron chi connectivity index (χ1n) is 8.30. The maximum absolute atomic E-state index is 12.9. The summed E-state index contributed by atoms with van der Waals surface area (Å²) in [7, 11) is 0. The van der Waals surface area contributed by atoms with Gasteiger partial charge in [-0.2, -0.15) is 0 Å². The molecule has 3 rings (SSSR count). The lowest BCUT2D eigenvalue weighted by Gasteiger charge is -2.08. The van der Waals surface area contributed by atoms with Crippen LogP contribution in [-0.2, 0) is 29.2 Å². The second kappa shape index (κ2) is 8.87. The van der Waals surface area contributed by atoms with Gasteiger partial charge in [0, 0.05) is 6.20 Å². The Hall–Kier alpha value is -3.05. The molecule has 1 N–H and O–H groups in total. The lowest BCUT2D eigenvalue weighted by Crippen LogP contribution is -2.15. The van der Waals surface area contributed by atoms with Crippen molar-refractivity contribution >= 4 is 11.7 Å². The van der Waals surface area contributed by atoms with Crippen molar-refractivity contribution in [2.75, 3.05) is 5.32 Å². The summed E-state index contributed by atoms with van der Waals surface area (Å²) in [6.07, 6.45) is 1.80. The molecule has 1 aromatic heterocycles. The van der Waals surface area contributed by atoms with Crippen LogP contribution in [0.5, 0.6) is 0 Å². The van der Waals surface area contributed by atoms with Crippen molar-refractivity contribution in [2.24, 2.45) is 0 Å². The summed E-state index contributed by atoms with van der Waals surface area (Å²) in [6.45, 7) is 0.952. The van der Waals surface area contributed by atoms with Gasteiger partial charge in [-0.25, -0.2) is 9.37 Å². The average molecular weight is 350 g/mol. The van der Waals surface area contributed by atoms with Gasteiger partial charge in [-0.1, -0.05) is 42.5 Å². The molecule has 0 aliphatic heterocycles. The number of carbonyl (C=O) groups is 1. The molecule has 0 fully saturated rings. The smallest absolute Gasteiger partial charge is 0.229 e. The molecule has 0 atom stereocenters. The molecule has 26 heavy (non-hydrogen) atoms. The summed E-state index contributed by atoms with van der Waals surface area (Å²) in [5, 5.41) is 2.75. The van der Waals surface area contributed by atoms with E-state index in [0.717, 1.165) is 16.7 Å². The Bertz CT molecular complexity index is 851. The average Bonchev–Trinajstić information content (AvgIpc) is 2.65. The van der Waals surface area contributed by atoms with Crippen molar-refractivity contribution in [1.29, 1.82) is 0 Å². The molecular formula is C21H19FN2O2. The number of carbonyl (C=O) groups excluding carboxylic acids is 1. The van der Waals surface area contributed by atoms with Crippen LogP contribution in [0.3, 0.4) is 0 Å². The number of nitrogens with zero attached hydrogens (tertiary/aromatic N) is 1. The molecule has 0 aliphatic rings. The Morgan fingerprint density at radius 3 is 2.42 bits per heavy atom. The van der Waals surface area contributed by atoms with Gasteiger partial charge in [-0.05, 0) is 41.0 Å². The van der Waals surface area contributed by atoms with E-state index in [9.17, 15) is 9.18 Å². The molecule has 0 bridgehead atoms. The van der Waals surface area contributed by atoms with E-state index in [4.69, 9.17) is 4.74 Å². The monoisotopic (exact) mass is 350 g/mol. The van der Waals surface area contributed by atoms with Gasteiger partial charge in [0.05, 0.1) is 19.6 Å². The predicted molar refractivity (Wildman–Crippen MR) is 97.9 cm³/mol. The van der Waals surface area contributed by atoms with Gasteiger partial charge in [0.2, 0.25) is 5.91 Å². The Morgan fingerprint density at radius 1 is 0.923 bits per heavy atom. The summed E-state index contributed by atoms with van der Waals surface area (Å²) in [4.78, 5) is 16.3. The fraction of sp³-hybridized carbons (Fsp3) is 0.143. The van der Waals surface area contributed by atoms with Crippen molar-refractivity contribution in [3.63, 3.8) is 0 Å². The van der Waals surface area contributed by atoms with Crippen LogP contribution in [0.2, 0.25) is 0 Å². The molecular weight excluding hydrogens is 331 g/mol. The number of hydrogen-bond donors (Lipinski definition) is 1. The summed E-state index contributed by atoms with van der Waals surface area (Å²) < 4.78 is 18.6. The second-order valence-electron chi connectivity index (χ2n) is 5.88. The van der Waals surface area contributed by atoms with Crippen LogP contribution < -0.4 is 5.32 Å². The van der Waals surface area contributed by atoms with Gasteiger partial charge < -0.3 is 10.1 Å². The highest BCUT2D eigenvalue weighted by atomic mass is 19.1. The molecule has 0 radical (unpaired) electrons. The number of pyridine rings is 1. The van der Waals surface area contributed by atoms with E-state index in [2.05, 4.69) is 10.3 Å². The van der Waals surface area contributed by atoms with Crippen LogP contribution in [0.1, 0.15) is 16.7 Å². The number of hydrogen-bond acceptors (Lipinski definition) is 3. The fourth-order valence-corrected chi connectivity index (χ4v) is 2.47. The van der Waals surface area contributed by atoms with Crippen molar-refractivity contribution in [3.05, 3.63) is 95.4 Å². The van der Waals surface area contributed by atoms with E-state index in [1.165, 1.54) is 12.1 Å². The number of benzene rings is 2. The minimum atomic E-state index is -0.320. The van der Waals surface area contributed by atoms with Gasteiger partial charge >= 0.3 is 0 Å². The van der Waals surface area contributed by atoms with Gasteiger partial charge in [-0.15, -0.1) is 0 Å². The standard InChI is InChI=1S/C21H19FN2O2/c22-19-8-6-16(7-9-19)13-21(25)24-20-12-18(10-11-23-20)15-26-14-17-4-2-1-3-5-17/h1-12H,13-15H2,(H,23,24,25). The van der Waals surface area contributed by atoms with E-state index < -0.39 is 0 Å². The molecule has 0 aliphatic carbocycles. The summed E-state index contributed by atoms with van der Waals surface area (Å²) >= 11 is 0. The first-order chi connectivity index (χ1) is 12.7. The second-order valence-corrected chi connectivity index (χ2v) is 5.88. The van der Waals surface area contributed by atoms with Crippen LogP contribution in [0.4, 0.5) is 10.2 Å². The highest BCUT2D eigenvalue weighted by molar-refractivity contribution is 5.91. The molecule has 5 heteroatoms.